The van der Waals surface area contributed by atoms with E-state index in [1.165, 1.54) is 0 Å². The molecule has 0 N–H and O–H groups in total. The molecule has 0 aliphatic carbocycles. The SMILES string of the molecule is [C-]#[N+]C(C#N)c1ccc(C(C#N)(Cc2ccccc2)[N+]#[C-])cc1. The number of benzene rings is 2. The van der Waals surface area contributed by atoms with E-state index in [0.29, 0.717) is 11.1 Å². The highest BCUT2D eigenvalue weighted by Gasteiger charge is 2.39. The topological polar surface area (TPSA) is 56.3 Å². The van der Waals surface area contributed by atoms with Crippen LogP contribution in [0.2, 0.25) is 0 Å². The lowest BCUT2D eigenvalue weighted by molar-refractivity contribution is 0.674. The van der Waals surface area contributed by atoms with Crippen molar-refractivity contribution < 1.29 is 0 Å². The van der Waals surface area contributed by atoms with Gasteiger partial charge >= 0.3 is 11.6 Å². The summed E-state index contributed by atoms with van der Waals surface area (Å²) in [4.78, 5) is 6.82. The molecule has 0 aromatic heterocycles. The van der Waals surface area contributed by atoms with Gasteiger partial charge in [-0.15, -0.1) is 0 Å². The summed E-state index contributed by atoms with van der Waals surface area (Å²) in [5.41, 5.74) is 0.748. The number of nitrogens with zero attached hydrogens (tertiary/aromatic N) is 4. The molecule has 4 heteroatoms. The molecule has 23 heavy (non-hydrogen) atoms. The largest absolute Gasteiger partial charge is 0.344 e. The van der Waals surface area contributed by atoms with Crippen molar-refractivity contribution in [3.8, 4) is 12.1 Å². The van der Waals surface area contributed by atoms with Gasteiger partial charge in [0.25, 0.3) is 0 Å². The zero-order valence-electron chi connectivity index (χ0n) is 12.3. The van der Waals surface area contributed by atoms with Crippen molar-refractivity contribution in [3.63, 3.8) is 0 Å². The molecule has 2 rings (SSSR count). The van der Waals surface area contributed by atoms with E-state index in [9.17, 15) is 5.26 Å². The predicted molar refractivity (Wildman–Crippen MR) is 85.4 cm³/mol. The second-order valence-corrected chi connectivity index (χ2v) is 5.03. The zero-order chi connectivity index (χ0) is 16.7. The van der Waals surface area contributed by atoms with Crippen LogP contribution in [0.5, 0.6) is 0 Å². The summed E-state index contributed by atoms with van der Waals surface area (Å²) in [5.74, 6) is 0. The highest BCUT2D eigenvalue weighted by atomic mass is 14.8. The zero-order valence-corrected chi connectivity index (χ0v) is 12.3. The number of hydrogen-bond acceptors (Lipinski definition) is 2. The number of rotatable bonds is 4. The fraction of sp³-hybridized carbons (Fsp3) is 0.158. The summed E-state index contributed by atoms with van der Waals surface area (Å²) < 4.78 is 0. The third-order valence-electron chi connectivity index (χ3n) is 3.63. The maximum absolute atomic E-state index is 9.60. The standard InChI is InChI=1S/C19H12N4/c1-22-18(13-20)16-8-10-17(11-9-16)19(14-21,23-2)12-15-6-4-3-5-7-15/h3-11,18H,12H2. The smallest absolute Gasteiger partial charge is 0.292 e. The first-order valence-electron chi connectivity index (χ1n) is 6.89. The molecular formula is C19H12N4. The van der Waals surface area contributed by atoms with Gasteiger partial charge in [0, 0.05) is 5.56 Å². The molecule has 2 aromatic carbocycles. The van der Waals surface area contributed by atoms with Crippen LogP contribution in [0.4, 0.5) is 0 Å². The lowest BCUT2D eigenvalue weighted by Crippen LogP contribution is -2.22. The van der Waals surface area contributed by atoms with Gasteiger partial charge in [0.1, 0.15) is 0 Å². The predicted octanol–water partition coefficient (Wildman–Crippen LogP) is 4.05. The van der Waals surface area contributed by atoms with Gasteiger partial charge in [-0.25, -0.2) is 13.1 Å². The lowest BCUT2D eigenvalue weighted by Gasteiger charge is -2.15. The van der Waals surface area contributed by atoms with E-state index in [1.54, 1.807) is 24.3 Å². The quantitative estimate of drug-likeness (QED) is 0.799. The van der Waals surface area contributed by atoms with E-state index in [2.05, 4.69) is 15.8 Å². The van der Waals surface area contributed by atoms with Crippen molar-refractivity contribution >= 4 is 0 Å². The fourth-order valence-electron chi connectivity index (χ4n) is 2.35. The van der Waals surface area contributed by atoms with Gasteiger partial charge in [-0.2, -0.15) is 10.5 Å². The molecule has 108 valence electrons. The molecule has 0 heterocycles. The Hall–Kier alpha value is -3.60. The monoisotopic (exact) mass is 296 g/mol. The highest BCUT2D eigenvalue weighted by Crippen LogP contribution is 2.31. The molecule has 4 nitrogen and oxygen atoms in total. The van der Waals surface area contributed by atoms with Crippen LogP contribution in [-0.2, 0) is 12.0 Å². The minimum absolute atomic E-state index is 0.289. The fourth-order valence-corrected chi connectivity index (χ4v) is 2.35. The summed E-state index contributed by atoms with van der Waals surface area (Å²) in [5, 5.41) is 18.5. The van der Waals surface area contributed by atoms with Crippen molar-refractivity contribution in [3.05, 3.63) is 94.1 Å². The van der Waals surface area contributed by atoms with Gasteiger partial charge in [0.05, 0.1) is 12.0 Å². The lowest BCUT2D eigenvalue weighted by atomic mass is 9.85. The van der Waals surface area contributed by atoms with E-state index in [-0.39, 0.29) is 6.42 Å². The Bertz CT molecular complexity index is 812. The molecule has 0 radical (unpaired) electrons. The van der Waals surface area contributed by atoms with E-state index in [0.717, 1.165) is 5.56 Å². The van der Waals surface area contributed by atoms with Crippen molar-refractivity contribution in [2.45, 2.75) is 18.0 Å². The van der Waals surface area contributed by atoms with Crippen molar-refractivity contribution in [2.24, 2.45) is 0 Å². The molecule has 0 bridgehead atoms. The Morgan fingerprint density at radius 1 is 1.00 bits per heavy atom. The first-order valence-corrected chi connectivity index (χ1v) is 6.89. The first-order chi connectivity index (χ1) is 11.2. The van der Waals surface area contributed by atoms with E-state index < -0.39 is 11.6 Å². The molecule has 0 saturated heterocycles. The third-order valence-corrected chi connectivity index (χ3v) is 3.63. The summed E-state index contributed by atoms with van der Waals surface area (Å²) in [6, 6.07) is 19.2. The van der Waals surface area contributed by atoms with Gasteiger partial charge in [-0.1, -0.05) is 30.3 Å². The molecule has 2 aromatic rings. The van der Waals surface area contributed by atoms with Crippen LogP contribution in [0.3, 0.4) is 0 Å². The third kappa shape index (κ3) is 3.19. The molecular weight excluding hydrogens is 284 g/mol. The van der Waals surface area contributed by atoms with Crippen molar-refractivity contribution in [1.29, 1.82) is 10.5 Å². The Labute approximate surface area is 135 Å². The maximum Gasteiger partial charge on any atom is 0.344 e. The van der Waals surface area contributed by atoms with Crippen LogP contribution in [0.25, 0.3) is 9.69 Å². The van der Waals surface area contributed by atoms with Crippen LogP contribution >= 0.6 is 0 Å². The van der Waals surface area contributed by atoms with E-state index >= 15 is 0 Å². The Kier molecular flexibility index (Phi) is 4.74. The second-order valence-electron chi connectivity index (χ2n) is 5.03. The molecule has 2 atom stereocenters. The molecule has 2 unspecified atom stereocenters. The van der Waals surface area contributed by atoms with Crippen LogP contribution in [0, 0.1) is 35.8 Å². The summed E-state index contributed by atoms with van der Waals surface area (Å²) in [6.07, 6.45) is 0.289. The molecule has 0 aliphatic heterocycles. The minimum Gasteiger partial charge on any atom is -0.292 e. The van der Waals surface area contributed by atoms with E-state index in [4.69, 9.17) is 18.4 Å². The summed E-state index contributed by atoms with van der Waals surface area (Å²) in [6.45, 7) is 14.5. The van der Waals surface area contributed by atoms with Gasteiger partial charge < -0.3 is 0 Å². The van der Waals surface area contributed by atoms with Crippen LogP contribution in [-0.4, -0.2) is 0 Å². The Morgan fingerprint density at radius 3 is 2.13 bits per heavy atom. The molecule has 0 amide bonds. The molecule has 0 spiro atoms. The van der Waals surface area contributed by atoms with Gasteiger partial charge in [0.2, 0.25) is 0 Å². The Balaban J connectivity index is 2.40. The average molecular weight is 296 g/mol. The normalized spacial score (nSPS) is 13.4. The molecule has 0 fully saturated rings. The Morgan fingerprint density at radius 2 is 1.65 bits per heavy atom. The number of nitriles is 2. The van der Waals surface area contributed by atoms with Crippen LogP contribution in [0.1, 0.15) is 22.7 Å². The number of hydrogen-bond donors (Lipinski definition) is 0. The van der Waals surface area contributed by atoms with Crippen molar-refractivity contribution in [1.82, 2.24) is 0 Å². The maximum atomic E-state index is 9.60. The van der Waals surface area contributed by atoms with Crippen LogP contribution < -0.4 is 0 Å². The average Bonchev–Trinajstić information content (AvgIpc) is 2.62. The minimum atomic E-state index is -1.31. The summed E-state index contributed by atoms with van der Waals surface area (Å²) in [7, 11) is 0. The molecule has 0 aliphatic rings. The van der Waals surface area contributed by atoms with Crippen molar-refractivity contribution in [2.75, 3.05) is 0 Å². The second kappa shape index (κ2) is 6.91. The van der Waals surface area contributed by atoms with E-state index in [1.807, 2.05) is 36.4 Å². The van der Waals surface area contributed by atoms with Gasteiger partial charge in [-0.3, -0.25) is 9.69 Å². The molecule has 0 saturated carbocycles. The highest BCUT2D eigenvalue weighted by molar-refractivity contribution is 5.41. The van der Waals surface area contributed by atoms with Gasteiger partial charge in [-0.05, 0) is 29.8 Å². The van der Waals surface area contributed by atoms with Gasteiger partial charge in [0.15, 0.2) is 12.1 Å². The van der Waals surface area contributed by atoms with Crippen LogP contribution in [0.15, 0.2) is 54.6 Å². The summed E-state index contributed by atoms with van der Waals surface area (Å²) >= 11 is 0. The first kappa shape index (κ1) is 15.8.